The molecule has 0 bridgehead atoms. The second-order valence-corrected chi connectivity index (χ2v) is 6.09. The van der Waals surface area contributed by atoms with Crippen LogP contribution in [0.2, 0.25) is 0 Å². The Hall–Kier alpha value is -1.70. The van der Waals surface area contributed by atoms with Crippen LogP contribution in [0.5, 0.6) is 5.75 Å². The highest BCUT2D eigenvalue weighted by Gasteiger charge is 2.25. The van der Waals surface area contributed by atoms with Crippen LogP contribution >= 0.6 is 0 Å². The minimum Gasteiger partial charge on any atom is -0.492 e. The normalized spacial score (nSPS) is 20.9. The minimum atomic E-state index is -0.736. The molecule has 2 aromatic carbocycles. The molecule has 1 aliphatic heterocycles. The fraction of sp³-hybridized carbons (Fsp3) is 0.333. The van der Waals surface area contributed by atoms with Gasteiger partial charge in [0.2, 0.25) is 0 Å². The Labute approximate surface area is 122 Å². The Morgan fingerprint density at radius 3 is 2.20 bits per heavy atom. The van der Waals surface area contributed by atoms with Gasteiger partial charge in [-0.05, 0) is 68.3 Å². The lowest BCUT2D eigenvalue weighted by Gasteiger charge is -2.31. The standard InChI is InChI=1S/C18H19BO/c1-10-8-15-13(4)12(3)14-6-7-18(5,19)20-17(14)16(15)9-11(10)2/h6-9H,1-5H3. The molecular weight excluding hydrogens is 243 g/mol. The van der Waals surface area contributed by atoms with Gasteiger partial charge in [-0.1, -0.05) is 18.2 Å². The zero-order chi connectivity index (χ0) is 14.7. The quantitative estimate of drug-likeness (QED) is 0.641. The summed E-state index contributed by atoms with van der Waals surface area (Å²) in [4.78, 5) is 0. The molecule has 0 aromatic heterocycles. The van der Waals surface area contributed by atoms with E-state index in [9.17, 15) is 0 Å². The van der Waals surface area contributed by atoms with E-state index in [-0.39, 0.29) is 0 Å². The highest BCUT2D eigenvalue weighted by molar-refractivity contribution is 6.17. The average molecular weight is 262 g/mol. The van der Waals surface area contributed by atoms with Gasteiger partial charge >= 0.3 is 0 Å². The lowest BCUT2D eigenvalue weighted by Crippen LogP contribution is -2.32. The van der Waals surface area contributed by atoms with E-state index >= 15 is 0 Å². The minimum absolute atomic E-state index is 0.736. The van der Waals surface area contributed by atoms with Crippen LogP contribution in [0.1, 0.15) is 34.7 Å². The predicted molar refractivity (Wildman–Crippen MR) is 86.7 cm³/mol. The molecule has 1 aliphatic rings. The highest BCUT2D eigenvalue weighted by atomic mass is 16.5. The van der Waals surface area contributed by atoms with Crippen LogP contribution in [-0.4, -0.2) is 13.3 Å². The van der Waals surface area contributed by atoms with Crippen molar-refractivity contribution in [3.8, 4) is 5.75 Å². The Bertz CT molecular complexity index is 754. The summed E-state index contributed by atoms with van der Waals surface area (Å²) in [6, 6.07) is 4.47. The zero-order valence-electron chi connectivity index (χ0n) is 12.8. The maximum atomic E-state index is 6.13. The molecule has 2 radical (unpaired) electrons. The van der Waals surface area contributed by atoms with E-state index in [4.69, 9.17) is 12.6 Å². The van der Waals surface area contributed by atoms with Crippen molar-refractivity contribution >= 4 is 24.7 Å². The number of rotatable bonds is 0. The van der Waals surface area contributed by atoms with Crippen LogP contribution in [0.25, 0.3) is 16.8 Å². The number of aryl methyl sites for hydroxylation is 3. The lowest BCUT2D eigenvalue weighted by atomic mass is 9.80. The molecule has 2 heteroatoms. The van der Waals surface area contributed by atoms with Gasteiger partial charge < -0.3 is 4.74 Å². The number of hydrogen-bond acceptors (Lipinski definition) is 1. The molecule has 0 N–H and O–H groups in total. The molecule has 1 atom stereocenters. The summed E-state index contributed by atoms with van der Waals surface area (Å²) in [5, 5.41) is 2.42. The second-order valence-electron chi connectivity index (χ2n) is 6.09. The summed E-state index contributed by atoms with van der Waals surface area (Å²) < 4.78 is 6.05. The summed E-state index contributed by atoms with van der Waals surface area (Å²) in [6.07, 6.45) is 4.02. The first-order valence-corrected chi connectivity index (χ1v) is 7.01. The van der Waals surface area contributed by atoms with Crippen molar-refractivity contribution in [2.45, 2.75) is 40.1 Å². The highest BCUT2D eigenvalue weighted by Crippen LogP contribution is 2.41. The maximum absolute atomic E-state index is 6.13. The molecule has 3 rings (SSSR count). The van der Waals surface area contributed by atoms with Crippen molar-refractivity contribution < 1.29 is 4.74 Å². The van der Waals surface area contributed by atoms with E-state index < -0.39 is 5.50 Å². The van der Waals surface area contributed by atoms with Gasteiger partial charge in [-0.25, -0.2) is 0 Å². The van der Waals surface area contributed by atoms with Gasteiger partial charge in [-0.15, -0.1) is 0 Å². The van der Waals surface area contributed by atoms with E-state index in [0.717, 1.165) is 16.7 Å². The molecule has 0 aliphatic carbocycles. The molecule has 0 saturated carbocycles. The first-order valence-electron chi connectivity index (χ1n) is 7.01. The summed E-state index contributed by atoms with van der Waals surface area (Å²) in [5.74, 6) is 0.915. The molecule has 2 aromatic rings. The Morgan fingerprint density at radius 1 is 0.950 bits per heavy atom. The SMILES string of the molecule is [B]C1(C)C=Cc2c(C)c(C)c3cc(C)c(C)cc3c2O1. The molecular formula is C18H19BO. The Kier molecular flexibility index (Phi) is 2.76. The van der Waals surface area contributed by atoms with Gasteiger partial charge in [0.15, 0.2) is 0 Å². The van der Waals surface area contributed by atoms with Crippen LogP contribution in [0.4, 0.5) is 0 Å². The van der Waals surface area contributed by atoms with E-state index in [1.807, 2.05) is 13.0 Å². The third-order valence-corrected chi connectivity index (χ3v) is 4.40. The first-order chi connectivity index (χ1) is 9.30. The van der Waals surface area contributed by atoms with Crippen LogP contribution < -0.4 is 4.74 Å². The predicted octanol–water partition coefficient (Wildman–Crippen LogP) is 4.36. The van der Waals surface area contributed by atoms with Crippen molar-refractivity contribution in [3.63, 3.8) is 0 Å². The molecule has 0 spiro atoms. The fourth-order valence-corrected chi connectivity index (χ4v) is 2.85. The van der Waals surface area contributed by atoms with Crippen LogP contribution in [0.15, 0.2) is 18.2 Å². The van der Waals surface area contributed by atoms with Gasteiger partial charge in [-0.3, -0.25) is 0 Å². The van der Waals surface area contributed by atoms with Gasteiger partial charge in [0.05, 0.1) is 5.50 Å². The molecule has 1 heterocycles. The fourth-order valence-electron chi connectivity index (χ4n) is 2.85. The molecule has 20 heavy (non-hydrogen) atoms. The smallest absolute Gasteiger partial charge is 0.137 e. The summed E-state index contributed by atoms with van der Waals surface area (Å²) in [7, 11) is 6.13. The van der Waals surface area contributed by atoms with Gasteiger partial charge in [0, 0.05) is 10.9 Å². The topological polar surface area (TPSA) is 9.23 Å². The van der Waals surface area contributed by atoms with E-state index in [1.165, 1.54) is 27.6 Å². The summed E-state index contributed by atoms with van der Waals surface area (Å²) >= 11 is 0. The zero-order valence-corrected chi connectivity index (χ0v) is 12.8. The number of benzene rings is 2. The van der Waals surface area contributed by atoms with Gasteiger partial charge in [0.25, 0.3) is 0 Å². The van der Waals surface area contributed by atoms with E-state index in [1.54, 1.807) is 0 Å². The van der Waals surface area contributed by atoms with Crippen molar-refractivity contribution in [1.82, 2.24) is 0 Å². The first kappa shape index (κ1) is 13.3. The van der Waals surface area contributed by atoms with E-state index in [2.05, 4.69) is 45.9 Å². The van der Waals surface area contributed by atoms with Crippen LogP contribution in [-0.2, 0) is 0 Å². The maximum Gasteiger partial charge on any atom is 0.137 e. The van der Waals surface area contributed by atoms with Crippen molar-refractivity contribution in [1.29, 1.82) is 0 Å². The third-order valence-electron chi connectivity index (χ3n) is 4.40. The molecule has 0 amide bonds. The summed E-state index contributed by atoms with van der Waals surface area (Å²) in [5.41, 5.74) is 5.58. The molecule has 1 nitrogen and oxygen atoms in total. The van der Waals surface area contributed by atoms with Crippen molar-refractivity contribution in [3.05, 3.63) is 46.0 Å². The largest absolute Gasteiger partial charge is 0.492 e. The Morgan fingerprint density at radius 2 is 1.55 bits per heavy atom. The van der Waals surface area contributed by atoms with Gasteiger partial charge in [0.1, 0.15) is 13.6 Å². The lowest BCUT2D eigenvalue weighted by molar-refractivity contribution is 0.227. The number of hydrogen-bond donors (Lipinski definition) is 0. The molecule has 0 fully saturated rings. The van der Waals surface area contributed by atoms with Crippen LogP contribution in [0, 0.1) is 27.7 Å². The van der Waals surface area contributed by atoms with E-state index in [0.29, 0.717) is 0 Å². The third kappa shape index (κ3) is 1.86. The average Bonchev–Trinajstić information content (AvgIpc) is 2.37. The molecule has 0 saturated heterocycles. The number of fused-ring (bicyclic) bond motifs is 3. The van der Waals surface area contributed by atoms with Crippen molar-refractivity contribution in [2.24, 2.45) is 0 Å². The van der Waals surface area contributed by atoms with Crippen molar-refractivity contribution in [2.75, 3.05) is 0 Å². The monoisotopic (exact) mass is 262 g/mol. The van der Waals surface area contributed by atoms with Gasteiger partial charge in [-0.2, -0.15) is 0 Å². The molecule has 100 valence electrons. The Balaban J connectivity index is 2.46. The van der Waals surface area contributed by atoms with Crippen LogP contribution in [0.3, 0.4) is 0 Å². The molecule has 1 unspecified atom stereocenters. The second kappa shape index (κ2) is 4.15. The summed E-state index contributed by atoms with van der Waals surface area (Å²) in [6.45, 7) is 10.5. The number of ether oxygens (including phenoxy) is 1.